The molecule has 0 aliphatic heterocycles. The van der Waals surface area contributed by atoms with Crippen LogP contribution in [0.2, 0.25) is 0 Å². The maximum atomic E-state index is 12.1. The molecule has 0 unspecified atom stereocenters. The number of nitrogens with two attached hydrogens (primary N) is 1. The van der Waals surface area contributed by atoms with Crippen molar-refractivity contribution >= 4 is 21.7 Å². The molecule has 0 saturated carbocycles. The average molecular weight is 348 g/mol. The van der Waals surface area contributed by atoms with Gasteiger partial charge in [-0.15, -0.1) is 0 Å². The van der Waals surface area contributed by atoms with Gasteiger partial charge >= 0.3 is 0 Å². The van der Waals surface area contributed by atoms with Crippen molar-refractivity contribution in [2.75, 3.05) is 5.32 Å². The van der Waals surface area contributed by atoms with E-state index in [1.807, 2.05) is 13.8 Å². The van der Waals surface area contributed by atoms with Gasteiger partial charge in [0.2, 0.25) is 10.0 Å². The first kappa shape index (κ1) is 17.9. The minimum Gasteiger partial charge on any atom is -0.368 e. The van der Waals surface area contributed by atoms with Gasteiger partial charge in [-0.25, -0.2) is 18.5 Å². The molecule has 0 aliphatic rings. The van der Waals surface area contributed by atoms with Crippen LogP contribution >= 0.6 is 0 Å². The van der Waals surface area contributed by atoms with E-state index in [1.165, 1.54) is 18.3 Å². The van der Waals surface area contributed by atoms with Gasteiger partial charge in [0.25, 0.3) is 5.91 Å². The van der Waals surface area contributed by atoms with Crippen LogP contribution in [0.5, 0.6) is 0 Å². The van der Waals surface area contributed by atoms with Crippen LogP contribution in [-0.2, 0) is 16.6 Å². The van der Waals surface area contributed by atoms with Gasteiger partial charge in [0.05, 0.1) is 10.5 Å². The van der Waals surface area contributed by atoms with Crippen LogP contribution in [0, 0.1) is 0 Å². The molecule has 128 valence electrons. The zero-order valence-corrected chi connectivity index (χ0v) is 14.3. The number of pyridine rings is 1. The Morgan fingerprint density at radius 2 is 1.83 bits per heavy atom. The molecule has 7 nitrogen and oxygen atoms in total. The van der Waals surface area contributed by atoms with Gasteiger partial charge in [0.1, 0.15) is 5.82 Å². The minimum atomic E-state index is -3.71. The van der Waals surface area contributed by atoms with E-state index < -0.39 is 10.0 Å². The van der Waals surface area contributed by atoms with Crippen LogP contribution in [0.25, 0.3) is 0 Å². The molecule has 0 spiro atoms. The van der Waals surface area contributed by atoms with Crippen molar-refractivity contribution in [3.05, 3.63) is 53.7 Å². The van der Waals surface area contributed by atoms with Gasteiger partial charge in [-0.05, 0) is 43.7 Å². The highest BCUT2D eigenvalue weighted by molar-refractivity contribution is 7.89. The molecule has 4 N–H and O–H groups in total. The summed E-state index contributed by atoms with van der Waals surface area (Å²) in [5.41, 5.74) is 1.22. The SMILES string of the molecule is CC(C)Nc1ccc(C(=O)NCc2ccc(S(N)(=O)=O)cc2)cn1. The number of hydrogen-bond acceptors (Lipinski definition) is 5. The molecule has 1 amide bonds. The van der Waals surface area contributed by atoms with Gasteiger partial charge in [0, 0.05) is 18.8 Å². The van der Waals surface area contributed by atoms with Crippen molar-refractivity contribution in [2.24, 2.45) is 5.14 Å². The predicted octanol–water partition coefficient (Wildman–Crippen LogP) is 1.48. The van der Waals surface area contributed by atoms with E-state index in [2.05, 4.69) is 15.6 Å². The molecule has 0 fully saturated rings. The topological polar surface area (TPSA) is 114 Å². The number of primary sulfonamides is 1. The summed E-state index contributed by atoms with van der Waals surface area (Å²) in [6.45, 7) is 4.28. The third kappa shape index (κ3) is 5.04. The molecular weight excluding hydrogens is 328 g/mol. The zero-order chi connectivity index (χ0) is 17.7. The number of sulfonamides is 1. The molecule has 1 heterocycles. The third-order valence-electron chi connectivity index (χ3n) is 3.17. The van der Waals surface area contributed by atoms with Crippen LogP contribution in [-0.4, -0.2) is 25.4 Å². The van der Waals surface area contributed by atoms with E-state index in [9.17, 15) is 13.2 Å². The Labute approximate surface area is 141 Å². The number of amides is 1. The Hall–Kier alpha value is -2.45. The number of anilines is 1. The number of hydrogen-bond donors (Lipinski definition) is 3. The zero-order valence-electron chi connectivity index (χ0n) is 13.5. The molecule has 0 radical (unpaired) electrons. The Morgan fingerprint density at radius 1 is 1.17 bits per heavy atom. The lowest BCUT2D eigenvalue weighted by atomic mass is 10.2. The number of rotatable bonds is 6. The summed E-state index contributed by atoms with van der Waals surface area (Å²) in [6, 6.07) is 9.72. The summed E-state index contributed by atoms with van der Waals surface area (Å²) in [5.74, 6) is 0.453. The van der Waals surface area contributed by atoms with Gasteiger partial charge in [-0.2, -0.15) is 0 Å². The van der Waals surface area contributed by atoms with Crippen molar-refractivity contribution in [3.63, 3.8) is 0 Å². The molecule has 24 heavy (non-hydrogen) atoms. The molecule has 0 aliphatic carbocycles. The monoisotopic (exact) mass is 348 g/mol. The molecule has 1 aromatic carbocycles. The third-order valence-corrected chi connectivity index (χ3v) is 4.10. The number of carbonyl (C=O) groups is 1. The van der Waals surface area contributed by atoms with E-state index >= 15 is 0 Å². The lowest BCUT2D eigenvalue weighted by Gasteiger charge is -2.09. The second-order valence-corrected chi connectivity index (χ2v) is 7.16. The Morgan fingerprint density at radius 3 is 2.33 bits per heavy atom. The maximum Gasteiger partial charge on any atom is 0.253 e. The number of nitrogens with one attached hydrogen (secondary N) is 2. The van der Waals surface area contributed by atoms with Crippen molar-refractivity contribution < 1.29 is 13.2 Å². The first-order valence-electron chi connectivity index (χ1n) is 7.38. The fourth-order valence-electron chi connectivity index (χ4n) is 1.99. The van der Waals surface area contributed by atoms with Crippen molar-refractivity contribution in [2.45, 2.75) is 31.3 Å². The Kier molecular flexibility index (Phi) is 5.53. The Bertz CT molecular complexity index is 800. The highest BCUT2D eigenvalue weighted by Crippen LogP contribution is 2.10. The first-order chi connectivity index (χ1) is 11.3. The first-order valence-corrected chi connectivity index (χ1v) is 8.93. The van der Waals surface area contributed by atoms with Crippen LogP contribution in [0.1, 0.15) is 29.8 Å². The van der Waals surface area contributed by atoms with E-state index in [4.69, 9.17) is 5.14 Å². The van der Waals surface area contributed by atoms with Crippen LogP contribution in [0.4, 0.5) is 5.82 Å². The summed E-state index contributed by atoms with van der Waals surface area (Å²) >= 11 is 0. The van der Waals surface area contributed by atoms with E-state index in [0.29, 0.717) is 11.4 Å². The number of nitrogens with zero attached hydrogens (tertiary/aromatic N) is 1. The van der Waals surface area contributed by atoms with Gasteiger partial charge in [-0.1, -0.05) is 12.1 Å². The van der Waals surface area contributed by atoms with Gasteiger partial charge < -0.3 is 10.6 Å². The Balaban J connectivity index is 1.95. The lowest BCUT2D eigenvalue weighted by Crippen LogP contribution is -2.23. The van der Waals surface area contributed by atoms with Crippen LogP contribution in [0.3, 0.4) is 0 Å². The maximum absolute atomic E-state index is 12.1. The normalized spacial score (nSPS) is 11.3. The van der Waals surface area contributed by atoms with Gasteiger partial charge in [-0.3, -0.25) is 4.79 Å². The molecule has 2 rings (SSSR count). The van der Waals surface area contributed by atoms with E-state index in [-0.39, 0.29) is 23.4 Å². The molecule has 8 heteroatoms. The fraction of sp³-hybridized carbons (Fsp3) is 0.250. The van der Waals surface area contributed by atoms with Crippen molar-refractivity contribution in [1.82, 2.24) is 10.3 Å². The molecular formula is C16H20N4O3S. The summed E-state index contributed by atoms with van der Waals surface area (Å²) < 4.78 is 22.4. The molecule has 1 aromatic heterocycles. The number of carbonyl (C=O) groups excluding carboxylic acids is 1. The number of benzene rings is 1. The lowest BCUT2D eigenvalue weighted by molar-refractivity contribution is 0.0950. The van der Waals surface area contributed by atoms with Crippen LogP contribution in [0.15, 0.2) is 47.5 Å². The highest BCUT2D eigenvalue weighted by Gasteiger charge is 2.09. The summed E-state index contributed by atoms with van der Waals surface area (Å²) in [6.07, 6.45) is 1.50. The molecule has 0 bridgehead atoms. The molecule has 2 aromatic rings. The largest absolute Gasteiger partial charge is 0.368 e. The predicted molar refractivity (Wildman–Crippen MR) is 92.0 cm³/mol. The van der Waals surface area contributed by atoms with E-state index in [1.54, 1.807) is 24.3 Å². The van der Waals surface area contributed by atoms with Crippen molar-refractivity contribution in [1.29, 1.82) is 0 Å². The second kappa shape index (κ2) is 7.41. The summed E-state index contributed by atoms with van der Waals surface area (Å²) in [7, 11) is -3.71. The van der Waals surface area contributed by atoms with Crippen LogP contribution < -0.4 is 15.8 Å². The van der Waals surface area contributed by atoms with Crippen molar-refractivity contribution in [3.8, 4) is 0 Å². The smallest absolute Gasteiger partial charge is 0.253 e. The summed E-state index contributed by atoms with van der Waals surface area (Å²) in [5, 5.41) is 10.9. The fourth-order valence-corrected chi connectivity index (χ4v) is 2.51. The number of aromatic nitrogens is 1. The molecule has 0 atom stereocenters. The second-order valence-electron chi connectivity index (χ2n) is 5.60. The van der Waals surface area contributed by atoms with E-state index in [0.717, 1.165) is 5.56 Å². The average Bonchev–Trinajstić information content (AvgIpc) is 2.52. The molecule has 0 saturated heterocycles. The standard InChI is InChI=1S/C16H20N4O3S/c1-11(2)20-15-8-5-13(10-18-15)16(21)19-9-12-3-6-14(7-4-12)24(17,22)23/h3-8,10-11H,9H2,1-2H3,(H,18,20)(H,19,21)(H2,17,22,23). The minimum absolute atomic E-state index is 0.0371. The summed E-state index contributed by atoms with van der Waals surface area (Å²) in [4.78, 5) is 16.3. The quantitative estimate of drug-likeness (QED) is 0.731. The highest BCUT2D eigenvalue weighted by atomic mass is 32.2. The van der Waals surface area contributed by atoms with Gasteiger partial charge in [0.15, 0.2) is 0 Å².